The molecule has 1 N–H and O–H groups in total. The number of fused-ring (bicyclic) bond motifs is 2. The van der Waals surface area contributed by atoms with Crippen LogP contribution < -0.4 is 24.5 Å². The Hall–Kier alpha value is -3.81. The number of nitrogens with one attached hydrogen (secondary N) is 1. The molecule has 0 fully saturated rings. The van der Waals surface area contributed by atoms with Crippen molar-refractivity contribution in [3.63, 3.8) is 0 Å². The maximum Gasteiger partial charge on any atom is 0.258 e. The number of hydrogen-bond acceptors (Lipinski definition) is 7. The maximum atomic E-state index is 12.6. The van der Waals surface area contributed by atoms with Crippen molar-refractivity contribution in [3.8, 4) is 23.0 Å². The predicted molar refractivity (Wildman–Crippen MR) is 113 cm³/mol. The van der Waals surface area contributed by atoms with Gasteiger partial charge in [0.15, 0.2) is 23.0 Å². The van der Waals surface area contributed by atoms with Gasteiger partial charge in [0.25, 0.3) is 5.56 Å². The molecule has 0 atom stereocenters. The molecule has 4 rings (SSSR count). The van der Waals surface area contributed by atoms with Gasteiger partial charge in [0, 0.05) is 24.1 Å². The van der Waals surface area contributed by atoms with Crippen molar-refractivity contribution in [1.29, 1.82) is 0 Å². The Labute approximate surface area is 172 Å². The zero-order valence-corrected chi connectivity index (χ0v) is 17.1. The first-order chi connectivity index (χ1) is 14.6. The second-order valence-electron chi connectivity index (χ2n) is 6.63. The van der Waals surface area contributed by atoms with Crippen molar-refractivity contribution < 1.29 is 18.9 Å². The molecule has 154 valence electrons. The fourth-order valence-corrected chi connectivity index (χ4v) is 3.45. The van der Waals surface area contributed by atoms with Gasteiger partial charge in [0.05, 0.1) is 39.3 Å². The Bertz CT molecular complexity index is 1300. The van der Waals surface area contributed by atoms with E-state index in [9.17, 15) is 4.79 Å². The molecule has 0 bridgehead atoms. The molecule has 0 spiro atoms. The van der Waals surface area contributed by atoms with Crippen molar-refractivity contribution in [3.05, 3.63) is 58.3 Å². The summed E-state index contributed by atoms with van der Waals surface area (Å²) in [5.74, 6) is 2.73. The van der Waals surface area contributed by atoms with E-state index in [0.29, 0.717) is 51.7 Å². The number of aromatic nitrogens is 3. The molecule has 0 saturated heterocycles. The highest BCUT2D eigenvalue weighted by atomic mass is 16.5. The molecular formula is C22H21N3O5. The summed E-state index contributed by atoms with van der Waals surface area (Å²) in [5.41, 5.74) is 1.90. The molecule has 30 heavy (non-hydrogen) atoms. The molecule has 0 radical (unpaired) electrons. The number of hydrogen-bond donors (Lipinski definition) is 1. The van der Waals surface area contributed by atoms with Crippen LogP contribution in [0.2, 0.25) is 0 Å². The van der Waals surface area contributed by atoms with E-state index in [1.165, 1.54) is 7.11 Å². The van der Waals surface area contributed by atoms with E-state index in [-0.39, 0.29) is 5.56 Å². The molecule has 0 aliphatic heterocycles. The molecule has 0 aliphatic carbocycles. The van der Waals surface area contributed by atoms with Crippen LogP contribution in [0.4, 0.5) is 0 Å². The zero-order valence-electron chi connectivity index (χ0n) is 17.1. The largest absolute Gasteiger partial charge is 0.493 e. The quantitative estimate of drug-likeness (QED) is 0.525. The highest BCUT2D eigenvalue weighted by Gasteiger charge is 2.13. The fourth-order valence-electron chi connectivity index (χ4n) is 3.45. The number of methoxy groups -OCH3 is 4. The fraction of sp³-hybridized carbons (Fsp3) is 0.227. The van der Waals surface area contributed by atoms with Gasteiger partial charge in [-0.1, -0.05) is 0 Å². The average molecular weight is 407 g/mol. The Balaban J connectivity index is 1.75. The van der Waals surface area contributed by atoms with Crippen LogP contribution in [0.25, 0.3) is 21.8 Å². The van der Waals surface area contributed by atoms with E-state index >= 15 is 0 Å². The molecule has 2 aromatic heterocycles. The molecular weight excluding hydrogens is 386 g/mol. The highest BCUT2D eigenvalue weighted by Crippen LogP contribution is 2.34. The van der Waals surface area contributed by atoms with Crippen LogP contribution in [-0.2, 0) is 6.42 Å². The average Bonchev–Trinajstić information content (AvgIpc) is 2.77. The van der Waals surface area contributed by atoms with E-state index in [2.05, 4.69) is 15.0 Å². The van der Waals surface area contributed by atoms with Crippen LogP contribution in [0, 0.1) is 0 Å². The standard InChI is InChI=1S/C22H21N3O5/c1-27-16-6-5-13-7-12(11-23-20(13)21(16)30-4)8-19-24-15-10-18(29-3)17(28-2)9-14(15)22(26)25-19/h5-7,9-11H,8H2,1-4H3,(H,24,25,26). The Morgan fingerprint density at radius 2 is 1.63 bits per heavy atom. The first-order valence-corrected chi connectivity index (χ1v) is 9.22. The van der Waals surface area contributed by atoms with Gasteiger partial charge in [-0.3, -0.25) is 9.78 Å². The van der Waals surface area contributed by atoms with E-state index in [4.69, 9.17) is 18.9 Å². The number of ether oxygens (including phenoxy) is 4. The van der Waals surface area contributed by atoms with E-state index in [1.807, 2.05) is 18.2 Å². The number of rotatable bonds is 6. The van der Waals surface area contributed by atoms with Gasteiger partial charge < -0.3 is 23.9 Å². The monoisotopic (exact) mass is 407 g/mol. The Kier molecular flexibility index (Phi) is 5.14. The van der Waals surface area contributed by atoms with Crippen LogP contribution in [0.5, 0.6) is 23.0 Å². The third-order valence-corrected chi connectivity index (χ3v) is 4.88. The number of aromatic amines is 1. The van der Waals surface area contributed by atoms with Gasteiger partial charge in [0.2, 0.25) is 0 Å². The smallest absolute Gasteiger partial charge is 0.258 e. The van der Waals surface area contributed by atoms with E-state index < -0.39 is 0 Å². The lowest BCUT2D eigenvalue weighted by Crippen LogP contribution is -2.12. The second-order valence-corrected chi connectivity index (χ2v) is 6.63. The summed E-state index contributed by atoms with van der Waals surface area (Å²) in [4.78, 5) is 24.6. The second kappa shape index (κ2) is 7.90. The highest BCUT2D eigenvalue weighted by molar-refractivity contribution is 5.87. The summed E-state index contributed by atoms with van der Waals surface area (Å²) in [5, 5.41) is 1.34. The summed E-state index contributed by atoms with van der Waals surface area (Å²) < 4.78 is 21.4. The van der Waals surface area contributed by atoms with Crippen molar-refractivity contribution in [2.75, 3.05) is 28.4 Å². The number of benzene rings is 2. The molecule has 4 aromatic rings. The summed E-state index contributed by atoms with van der Waals surface area (Å²) in [6.45, 7) is 0. The van der Waals surface area contributed by atoms with Crippen LogP contribution in [0.3, 0.4) is 0 Å². The van der Waals surface area contributed by atoms with Crippen LogP contribution >= 0.6 is 0 Å². The van der Waals surface area contributed by atoms with Gasteiger partial charge >= 0.3 is 0 Å². The van der Waals surface area contributed by atoms with Crippen molar-refractivity contribution >= 4 is 21.8 Å². The van der Waals surface area contributed by atoms with Gasteiger partial charge in [-0.05, 0) is 29.8 Å². The van der Waals surface area contributed by atoms with Crippen molar-refractivity contribution in [1.82, 2.24) is 15.0 Å². The molecule has 0 unspecified atom stereocenters. The molecule has 2 aromatic carbocycles. The molecule has 0 saturated carbocycles. The zero-order chi connectivity index (χ0) is 21.3. The predicted octanol–water partition coefficient (Wildman–Crippen LogP) is 3.10. The van der Waals surface area contributed by atoms with E-state index in [1.54, 1.807) is 39.7 Å². The van der Waals surface area contributed by atoms with Crippen molar-refractivity contribution in [2.24, 2.45) is 0 Å². The first kappa shape index (κ1) is 19.5. The van der Waals surface area contributed by atoms with Gasteiger partial charge in [-0.2, -0.15) is 0 Å². The first-order valence-electron chi connectivity index (χ1n) is 9.22. The van der Waals surface area contributed by atoms with Crippen LogP contribution in [-0.4, -0.2) is 43.4 Å². The minimum atomic E-state index is -0.240. The van der Waals surface area contributed by atoms with Gasteiger partial charge in [-0.25, -0.2) is 4.98 Å². The molecule has 8 nitrogen and oxygen atoms in total. The topological polar surface area (TPSA) is 95.6 Å². The summed E-state index contributed by atoms with van der Waals surface area (Å²) in [7, 11) is 6.24. The SMILES string of the molecule is COc1cc2nc(Cc3cnc4c(OC)c(OC)ccc4c3)[nH]c(=O)c2cc1OC. The number of pyridine rings is 1. The Morgan fingerprint density at radius 3 is 2.33 bits per heavy atom. The minimum absolute atomic E-state index is 0.240. The third kappa shape index (κ3) is 3.36. The summed E-state index contributed by atoms with van der Waals surface area (Å²) in [6, 6.07) is 9.07. The Morgan fingerprint density at radius 1 is 0.900 bits per heavy atom. The molecule has 8 heteroatoms. The molecule has 0 amide bonds. The lowest BCUT2D eigenvalue weighted by molar-refractivity contribution is 0.355. The number of H-pyrrole nitrogens is 1. The summed E-state index contributed by atoms with van der Waals surface area (Å²) >= 11 is 0. The lowest BCUT2D eigenvalue weighted by Gasteiger charge is -2.11. The van der Waals surface area contributed by atoms with Gasteiger partial charge in [0.1, 0.15) is 11.3 Å². The normalized spacial score (nSPS) is 10.9. The molecule has 0 aliphatic rings. The van der Waals surface area contributed by atoms with E-state index in [0.717, 1.165) is 10.9 Å². The number of nitrogens with zero attached hydrogens (tertiary/aromatic N) is 2. The molecule has 2 heterocycles. The minimum Gasteiger partial charge on any atom is -0.493 e. The lowest BCUT2D eigenvalue weighted by atomic mass is 10.1. The van der Waals surface area contributed by atoms with Crippen LogP contribution in [0.15, 0.2) is 41.3 Å². The summed E-state index contributed by atoms with van der Waals surface area (Å²) in [6.07, 6.45) is 2.15. The van der Waals surface area contributed by atoms with Gasteiger partial charge in [-0.15, -0.1) is 0 Å². The third-order valence-electron chi connectivity index (χ3n) is 4.88. The van der Waals surface area contributed by atoms with Crippen molar-refractivity contribution in [2.45, 2.75) is 6.42 Å². The maximum absolute atomic E-state index is 12.6. The van der Waals surface area contributed by atoms with Crippen LogP contribution in [0.1, 0.15) is 11.4 Å².